The van der Waals surface area contributed by atoms with Gasteiger partial charge in [-0.05, 0) is 38.0 Å². The zero-order valence-electron chi connectivity index (χ0n) is 16.1. The highest BCUT2D eigenvalue weighted by Crippen LogP contribution is 2.25. The first-order valence-corrected chi connectivity index (χ1v) is 9.96. The predicted molar refractivity (Wildman–Crippen MR) is 106 cm³/mol. The first kappa shape index (κ1) is 19.9. The summed E-state index contributed by atoms with van der Waals surface area (Å²) in [6, 6.07) is 8.49. The van der Waals surface area contributed by atoms with Crippen LogP contribution in [0.4, 0.5) is 4.79 Å². The normalized spacial score (nSPS) is 16.0. The zero-order chi connectivity index (χ0) is 21.3. The maximum atomic E-state index is 12.3. The number of imide groups is 1. The summed E-state index contributed by atoms with van der Waals surface area (Å²) in [5.41, 5.74) is 1.78. The van der Waals surface area contributed by atoms with E-state index in [2.05, 4.69) is 15.5 Å². The molecular formula is C20H17N3O6S. The molecule has 0 bridgehead atoms. The number of aromatic nitrogens is 2. The Bertz CT molecular complexity index is 1120. The zero-order valence-corrected chi connectivity index (χ0v) is 16.9. The molecule has 3 heterocycles. The Kier molecular flexibility index (Phi) is 5.40. The number of rotatable bonds is 6. The highest BCUT2D eigenvalue weighted by atomic mass is 32.2. The van der Waals surface area contributed by atoms with Crippen molar-refractivity contribution in [3.63, 3.8) is 0 Å². The van der Waals surface area contributed by atoms with Gasteiger partial charge < -0.3 is 13.7 Å². The van der Waals surface area contributed by atoms with Crippen molar-refractivity contribution < 1.29 is 28.1 Å². The summed E-state index contributed by atoms with van der Waals surface area (Å²) in [5.74, 6) is 1.01. The Labute approximate surface area is 175 Å². The quantitative estimate of drug-likeness (QED) is 0.467. The van der Waals surface area contributed by atoms with E-state index in [9.17, 15) is 14.4 Å². The number of carbonyl (C=O) groups is 3. The minimum absolute atomic E-state index is 0.0606. The lowest BCUT2D eigenvalue weighted by Crippen LogP contribution is -2.25. The van der Waals surface area contributed by atoms with Crippen LogP contribution in [0.1, 0.15) is 22.8 Å². The highest BCUT2D eigenvalue weighted by molar-refractivity contribution is 8.15. The summed E-state index contributed by atoms with van der Waals surface area (Å²) in [6.45, 7) is 3.47. The highest BCUT2D eigenvalue weighted by Gasteiger charge is 2.31. The lowest BCUT2D eigenvalue weighted by atomic mass is 10.1. The van der Waals surface area contributed by atoms with Gasteiger partial charge in [-0.2, -0.15) is 0 Å². The van der Waals surface area contributed by atoms with Crippen LogP contribution < -0.4 is 10.1 Å². The van der Waals surface area contributed by atoms with Crippen molar-refractivity contribution in [2.24, 2.45) is 0 Å². The number of nitrogens with one attached hydrogen (secondary N) is 1. The van der Waals surface area contributed by atoms with Gasteiger partial charge in [0, 0.05) is 6.07 Å². The molecule has 0 saturated carbocycles. The second-order valence-corrected chi connectivity index (χ2v) is 7.90. The van der Waals surface area contributed by atoms with E-state index in [1.807, 2.05) is 0 Å². The second-order valence-electron chi connectivity index (χ2n) is 6.73. The molecule has 2 amide bonds. The van der Waals surface area contributed by atoms with Gasteiger partial charge in [0.05, 0.1) is 17.4 Å². The molecule has 1 N–H and O–H groups in total. The van der Waals surface area contributed by atoms with Crippen LogP contribution in [0.5, 0.6) is 5.75 Å². The molecule has 1 saturated heterocycles. The number of hydrogen-bond donors (Lipinski definition) is 1. The van der Waals surface area contributed by atoms with Crippen molar-refractivity contribution in [1.29, 1.82) is 0 Å². The molecule has 2 aromatic heterocycles. The Hall–Kier alpha value is -3.40. The number of benzene rings is 1. The standard InChI is InChI=1S/C20H17N3O6S/c1-10-7-15(23-29-10)19-21-14(11(2)27-19)9-17(24)28-13-5-3-12(4-6-13)8-16-18(25)22-20(26)30-16/h3-7,16H,8-9H2,1-2H3,(H,22,25,26). The van der Waals surface area contributed by atoms with Crippen LogP contribution in [-0.4, -0.2) is 32.5 Å². The lowest BCUT2D eigenvalue weighted by Gasteiger charge is -2.07. The summed E-state index contributed by atoms with van der Waals surface area (Å²) in [6.07, 6.45) is 0.355. The third-order valence-corrected chi connectivity index (χ3v) is 5.38. The molecule has 154 valence electrons. The molecule has 4 rings (SSSR count). The minimum atomic E-state index is -0.488. The van der Waals surface area contributed by atoms with Crippen LogP contribution in [0, 0.1) is 13.8 Å². The van der Waals surface area contributed by atoms with Gasteiger partial charge in [-0.3, -0.25) is 19.7 Å². The number of amides is 2. The number of oxazole rings is 1. The summed E-state index contributed by atoms with van der Waals surface area (Å²) in [7, 11) is 0. The number of esters is 1. The lowest BCUT2D eigenvalue weighted by molar-refractivity contribution is -0.133. The van der Waals surface area contributed by atoms with E-state index in [0.29, 0.717) is 35.1 Å². The van der Waals surface area contributed by atoms with Crippen molar-refractivity contribution in [1.82, 2.24) is 15.5 Å². The maximum absolute atomic E-state index is 12.3. The molecule has 1 unspecified atom stereocenters. The smallest absolute Gasteiger partial charge is 0.317 e. The van der Waals surface area contributed by atoms with Gasteiger partial charge in [0.15, 0.2) is 5.69 Å². The number of hydrogen-bond acceptors (Lipinski definition) is 9. The Balaban J connectivity index is 1.36. The molecule has 0 radical (unpaired) electrons. The second kappa shape index (κ2) is 8.15. The average Bonchev–Trinajstić information content (AvgIpc) is 3.36. The largest absolute Gasteiger partial charge is 0.440 e. The topological polar surface area (TPSA) is 125 Å². The summed E-state index contributed by atoms with van der Waals surface area (Å²) in [5, 5.41) is 5.33. The van der Waals surface area contributed by atoms with Crippen LogP contribution >= 0.6 is 11.8 Å². The molecule has 0 aliphatic carbocycles. The van der Waals surface area contributed by atoms with Crippen molar-refractivity contribution in [3.8, 4) is 17.3 Å². The number of nitrogens with zero attached hydrogens (tertiary/aromatic N) is 2. The predicted octanol–water partition coefficient (Wildman–Crippen LogP) is 2.99. The molecule has 1 aliphatic heterocycles. The molecule has 0 spiro atoms. The van der Waals surface area contributed by atoms with Crippen molar-refractivity contribution in [3.05, 3.63) is 53.1 Å². The Morgan fingerprint density at radius 3 is 2.63 bits per heavy atom. The Morgan fingerprint density at radius 1 is 1.23 bits per heavy atom. The van der Waals surface area contributed by atoms with Crippen LogP contribution in [0.15, 0.2) is 39.3 Å². The SMILES string of the molecule is Cc1cc(-c2nc(CC(=O)Oc3ccc(CC4SC(=O)NC4=O)cc3)c(C)o2)no1. The number of ether oxygens (including phenoxy) is 1. The molecule has 1 aromatic carbocycles. The fourth-order valence-electron chi connectivity index (χ4n) is 2.91. The van der Waals surface area contributed by atoms with Crippen LogP contribution in [0.3, 0.4) is 0 Å². The number of thioether (sulfide) groups is 1. The van der Waals surface area contributed by atoms with Gasteiger partial charge >= 0.3 is 5.97 Å². The van der Waals surface area contributed by atoms with E-state index in [-0.39, 0.29) is 23.5 Å². The van der Waals surface area contributed by atoms with Crippen LogP contribution in [0.2, 0.25) is 0 Å². The molecule has 1 fully saturated rings. The monoisotopic (exact) mass is 427 g/mol. The van der Waals surface area contributed by atoms with E-state index in [1.165, 1.54) is 0 Å². The van der Waals surface area contributed by atoms with Crippen LogP contribution in [0.25, 0.3) is 11.6 Å². The fourth-order valence-corrected chi connectivity index (χ4v) is 3.77. The first-order chi connectivity index (χ1) is 14.4. The van der Waals surface area contributed by atoms with E-state index in [1.54, 1.807) is 44.2 Å². The third kappa shape index (κ3) is 4.43. The van der Waals surface area contributed by atoms with E-state index in [0.717, 1.165) is 17.3 Å². The molecule has 30 heavy (non-hydrogen) atoms. The summed E-state index contributed by atoms with van der Waals surface area (Å²) >= 11 is 0.976. The first-order valence-electron chi connectivity index (χ1n) is 9.08. The molecule has 1 atom stereocenters. The number of carbonyl (C=O) groups excluding carboxylic acids is 3. The van der Waals surface area contributed by atoms with Gasteiger partial charge in [-0.25, -0.2) is 4.98 Å². The Morgan fingerprint density at radius 2 is 2.00 bits per heavy atom. The van der Waals surface area contributed by atoms with Crippen molar-refractivity contribution in [2.75, 3.05) is 0 Å². The van der Waals surface area contributed by atoms with Gasteiger partial charge in [0.1, 0.15) is 17.3 Å². The van der Waals surface area contributed by atoms with E-state index >= 15 is 0 Å². The third-order valence-electron chi connectivity index (χ3n) is 4.39. The molecule has 3 aromatic rings. The van der Waals surface area contributed by atoms with E-state index in [4.69, 9.17) is 13.7 Å². The molecular weight excluding hydrogens is 410 g/mol. The maximum Gasteiger partial charge on any atom is 0.317 e. The fraction of sp³-hybridized carbons (Fsp3) is 0.250. The molecule has 9 nitrogen and oxygen atoms in total. The summed E-state index contributed by atoms with van der Waals surface area (Å²) < 4.78 is 15.9. The van der Waals surface area contributed by atoms with E-state index < -0.39 is 11.2 Å². The van der Waals surface area contributed by atoms with Gasteiger partial charge in [-0.15, -0.1) is 0 Å². The van der Waals surface area contributed by atoms with Gasteiger partial charge in [0.2, 0.25) is 11.8 Å². The van der Waals surface area contributed by atoms with Gasteiger partial charge in [-0.1, -0.05) is 29.1 Å². The molecule has 1 aliphatic rings. The molecule has 10 heteroatoms. The average molecular weight is 427 g/mol. The van der Waals surface area contributed by atoms with Crippen molar-refractivity contribution in [2.45, 2.75) is 31.9 Å². The minimum Gasteiger partial charge on any atom is -0.440 e. The van der Waals surface area contributed by atoms with Crippen molar-refractivity contribution >= 4 is 28.9 Å². The summed E-state index contributed by atoms with van der Waals surface area (Å²) in [4.78, 5) is 39.5. The number of aryl methyl sites for hydroxylation is 2. The van der Waals surface area contributed by atoms with Gasteiger partial charge in [0.25, 0.3) is 5.24 Å². The van der Waals surface area contributed by atoms with Crippen LogP contribution in [-0.2, 0) is 22.4 Å².